The first-order valence-electron chi connectivity index (χ1n) is 7.17. The number of fused-ring (bicyclic) bond motifs is 1. The lowest BCUT2D eigenvalue weighted by atomic mass is 10.1. The van der Waals surface area contributed by atoms with Gasteiger partial charge in [-0.15, -0.1) is 0 Å². The number of para-hydroxylation sites is 1. The second-order valence-electron chi connectivity index (χ2n) is 5.18. The summed E-state index contributed by atoms with van der Waals surface area (Å²) in [7, 11) is 0. The summed E-state index contributed by atoms with van der Waals surface area (Å²) >= 11 is 5.81. The van der Waals surface area contributed by atoms with Gasteiger partial charge in [0, 0.05) is 22.0 Å². The number of benzene rings is 2. The molecule has 0 fully saturated rings. The molecule has 122 valence electrons. The number of anilines is 2. The number of nitrogens with one attached hydrogen (secondary N) is 3. The molecule has 3 amide bonds. The highest BCUT2D eigenvalue weighted by molar-refractivity contribution is 6.30. The minimum atomic E-state index is -0.660. The van der Waals surface area contributed by atoms with Crippen LogP contribution in [0, 0.1) is 0 Å². The molecule has 0 spiro atoms. The zero-order chi connectivity index (χ0) is 17.1. The van der Waals surface area contributed by atoms with Gasteiger partial charge < -0.3 is 21.1 Å². The Morgan fingerprint density at radius 1 is 1.12 bits per heavy atom. The van der Waals surface area contributed by atoms with Crippen molar-refractivity contribution >= 4 is 34.9 Å². The van der Waals surface area contributed by atoms with E-state index in [-0.39, 0.29) is 0 Å². The van der Waals surface area contributed by atoms with Crippen LogP contribution in [0.5, 0.6) is 0 Å². The van der Waals surface area contributed by atoms with E-state index < -0.39 is 23.7 Å². The molecule has 1 aliphatic heterocycles. The van der Waals surface area contributed by atoms with E-state index in [0.717, 1.165) is 0 Å². The normalized spacial score (nSPS) is 16.3. The van der Waals surface area contributed by atoms with E-state index in [1.165, 1.54) is 6.08 Å². The zero-order valence-electron chi connectivity index (χ0n) is 12.4. The second kappa shape index (κ2) is 6.64. The van der Waals surface area contributed by atoms with Gasteiger partial charge in [-0.3, -0.25) is 4.79 Å². The average molecular weight is 344 g/mol. The third kappa shape index (κ3) is 3.49. The van der Waals surface area contributed by atoms with Crippen molar-refractivity contribution in [3.05, 3.63) is 71.0 Å². The fraction of sp³-hybridized carbons (Fsp3) is 0.0588. The summed E-state index contributed by atoms with van der Waals surface area (Å²) in [5.74, 6) is -1.08. The molecule has 1 heterocycles. The smallest absolute Gasteiger partial charge is 0.319 e. The fourth-order valence-corrected chi connectivity index (χ4v) is 2.48. The Bertz CT molecular complexity index is 818. The minimum absolute atomic E-state index is 0.456. The molecule has 2 aromatic rings. The number of hydrogen-bond acceptors (Lipinski definition) is 3. The molecular weight excluding hydrogens is 330 g/mol. The Morgan fingerprint density at radius 2 is 1.83 bits per heavy atom. The minimum Gasteiger partial charge on any atom is -0.503 e. The van der Waals surface area contributed by atoms with Crippen molar-refractivity contribution in [2.45, 2.75) is 6.04 Å². The molecule has 0 saturated carbocycles. The van der Waals surface area contributed by atoms with Crippen LogP contribution in [0.25, 0.3) is 0 Å². The van der Waals surface area contributed by atoms with Gasteiger partial charge in [-0.1, -0.05) is 29.8 Å². The first kappa shape index (κ1) is 15.9. The van der Waals surface area contributed by atoms with Crippen molar-refractivity contribution in [2.24, 2.45) is 0 Å². The molecule has 2 aromatic carbocycles. The van der Waals surface area contributed by atoms with Crippen molar-refractivity contribution in [3.8, 4) is 0 Å². The number of amides is 3. The van der Waals surface area contributed by atoms with Crippen molar-refractivity contribution < 1.29 is 14.7 Å². The quantitative estimate of drug-likeness (QED) is 0.671. The number of urea groups is 1. The molecule has 1 aliphatic rings. The lowest BCUT2D eigenvalue weighted by molar-refractivity contribution is -0.115. The maximum Gasteiger partial charge on any atom is 0.319 e. The number of hydrogen-bond donors (Lipinski definition) is 4. The highest BCUT2D eigenvalue weighted by Crippen LogP contribution is 2.27. The Morgan fingerprint density at radius 3 is 2.58 bits per heavy atom. The van der Waals surface area contributed by atoms with Crippen LogP contribution in [0.2, 0.25) is 5.02 Å². The molecule has 0 saturated heterocycles. The van der Waals surface area contributed by atoms with Crippen LogP contribution in [0.1, 0.15) is 11.6 Å². The van der Waals surface area contributed by atoms with Gasteiger partial charge in [0.05, 0.1) is 6.04 Å². The number of carbonyl (C=O) groups is 2. The van der Waals surface area contributed by atoms with Gasteiger partial charge in [-0.2, -0.15) is 0 Å². The van der Waals surface area contributed by atoms with Gasteiger partial charge in [-0.05, 0) is 36.4 Å². The van der Waals surface area contributed by atoms with Crippen LogP contribution >= 0.6 is 11.6 Å². The first-order chi connectivity index (χ1) is 11.5. The average Bonchev–Trinajstić information content (AvgIpc) is 2.67. The van der Waals surface area contributed by atoms with E-state index in [9.17, 15) is 14.7 Å². The van der Waals surface area contributed by atoms with Crippen LogP contribution in [0.15, 0.2) is 60.4 Å². The predicted molar refractivity (Wildman–Crippen MR) is 92.1 cm³/mol. The maximum atomic E-state index is 12.2. The van der Waals surface area contributed by atoms with E-state index in [1.54, 1.807) is 48.5 Å². The van der Waals surface area contributed by atoms with Crippen LogP contribution in [-0.4, -0.2) is 17.0 Å². The van der Waals surface area contributed by atoms with Gasteiger partial charge in [0.2, 0.25) is 0 Å². The molecule has 0 aliphatic carbocycles. The van der Waals surface area contributed by atoms with Gasteiger partial charge in [0.25, 0.3) is 5.91 Å². The van der Waals surface area contributed by atoms with E-state index in [0.29, 0.717) is 22.0 Å². The van der Waals surface area contributed by atoms with Crippen LogP contribution in [0.3, 0.4) is 0 Å². The molecular formula is C17H14ClN3O3. The van der Waals surface area contributed by atoms with Crippen molar-refractivity contribution in [1.82, 2.24) is 5.32 Å². The van der Waals surface area contributed by atoms with Gasteiger partial charge in [0.1, 0.15) is 0 Å². The van der Waals surface area contributed by atoms with E-state index in [1.807, 2.05) is 0 Å². The fourth-order valence-electron chi connectivity index (χ4n) is 2.35. The Labute approximate surface area is 143 Å². The number of aliphatic hydroxyl groups is 1. The van der Waals surface area contributed by atoms with Crippen molar-refractivity contribution in [1.29, 1.82) is 0 Å². The van der Waals surface area contributed by atoms with Crippen LogP contribution in [0.4, 0.5) is 16.2 Å². The Hall–Kier alpha value is -2.99. The van der Waals surface area contributed by atoms with Gasteiger partial charge in [-0.25, -0.2) is 4.79 Å². The molecule has 4 N–H and O–H groups in total. The lowest BCUT2D eigenvalue weighted by Gasteiger charge is -2.17. The summed E-state index contributed by atoms with van der Waals surface area (Å²) in [5.41, 5.74) is 1.77. The highest BCUT2D eigenvalue weighted by Gasteiger charge is 2.23. The standard InChI is InChI=1S/C17H14ClN3O3/c18-10-5-7-11(8-6-10)19-17(24)21-14-9-15(22)16(23)20-13-4-2-1-3-12(13)14/h1-9,14,22H,(H,20,23)(H2,19,21,24). The molecule has 7 heteroatoms. The Balaban J connectivity index is 1.81. The summed E-state index contributed by atoms with van der Waals surface area (Å²) in [5, 5.41) is 18.3. The lowest BCUT2D eigenvalue weighted by Crippen LogP contribution is -2.31. The molecule has 6 nitrogen and oxygen atoms in total. The zero-order valence-corrected chi connectivity index (χ0v) is 13.2. The van der Waals surface area contributed by atoms with Gasteiger partial charge >= 0.3 is 6.03 Å². The predicted octanol–water partition coefficient (Wildman–Crippen LogP) is 3.60. The highest BCUT2D eigenvalue weighted by atomic mass is 35.5. The van der Waals surface area contributed by atoms with E-state index >= 15 is 0 Å². The molecule has 24 heavy (non-hydrogen) atoms. The maximum absolute atomic E-state index is 12.2. The first-order valence-corrected chi connectivity index (χ1v) is 7.55. The molecule has 0 bridgehead atoms. The molecule has 0 radical (unpaired) electrons. The second-order valence-corrected chi connectivity index (χ2v) is 5.61. The van der Waals surface area contributed by atoms with E-state index in [2.05, 4.69) is 16.0 Å². The summed E-state index contributed by atoms with van der Waals surface area (Å²) < 4.78 is 0. The van der Waals surface area contributed by atoms with Crippen LogP contribution < -0.4 is 16.0 Å². The SMILES string of the molecule is O=C(Nc1ccc(Cl)cc1)NC1C=C(O)C(=O)Nc2ccccc21. The number of aliphatic hydroxyl groups excluding tert-OH is 1. The van der Waals surface area contributed by atoms with Crippen molar-refractivity contribution in [3.63, 3.8) is 0 Å². The molecule has 1 atom stereocenters. The van der Waals surface area contributed by atoms with Crippen LogP contribution in [-0.2, 0) is 4.79 Å². The summed E-state index contributed by atoms with van der Waals surface area (Å²) in [6.45, 7) is 0. The summed E-state index contributed by atoms with van der Waals surface area (Å²) in [6, 6.07) is 12.5. The molecule has 0 aromatic heterocycles. The molecule has 3 rings (SSSR count). The third-order valence-corrected chi connectivity index (χ3v) is 3.74. The summed E-state index contributed by atoms with van der Waals surface area (Å²) in [4.78, 5) is 24.0. The Kier molecular flexibility index (Phi) is 4.39. The number of halogens is 1. The monoisotopic (exact) mass is 343 g/mol. The van der Waals surface area contributed by atoms with E-state index in [4.69, 9.17) is 11.6 Å². The number of carbonyl (C=O) groups excluding carboxylic acids is 2. The summed E-state index contributed by atoms with van der Waals surface area (Å²) in [6.07, 6.45) is 1.29. The van der Waals surface area contributed by atoms with Gasteiger partial charge in [0.15, 0.2) is 5.76 Å². The molecule has 1 unspecified atom stereocenters. The topological polar surface area (TPSA) is 90.5 Å². The van der Waals surface area contributed by atoms with Crippen molar-refractivity contribution in [2.75, 3.05) is 10.6 Å². The third-order valence-electron chi connectivity index (χ3n) is 3.49. The number of rotatable bonds is 2. The largest absolute Gasteiger partial charge is 0.503 e.